The Balaban J connectivity index is 2.54. The van der Waals surface area contributed by atoms with Crippen LogP contribution in [0.1, 0.15) is 32.4 Å². The summed E-state index contributed by atoms with van der Waals surface area (Å²) in [7, 11) is 3.35. The van der Waals surface area contributed by atoms with E-state index in [1.165, 1.54) is 0 Å². The Bertz CT molecular complexity index is 583. The maximum atomic E-state index is 12.4. The van der Waals surface area contributed by atoms with E-state index >= 15 is 0 Å². The third-order valence-corrected chi connectivity index (χ3v) is 4.22. The second kappa shape index (κ2) is 4.52. The number of β-lactam (4-membered cyclic amide) rings is 1. The van der Waals surface area contributed by atoms with Crippen molar-refractivity contribution in [2.75, 3.05) is 14.2 Å². The van der Waals surface area contributed by atoms with Gasteiger partial charge in [-0.25, -0.2) is 0 Å². The zero-order valence-electron chi connectivity index (χ0n) is 12.6. The normalized spacial score (nSPS) is 25.9. The van der Waals surface area contributed by atoms with E-state index in [-0.39, 0.29) is 11.9 Å². The molecule has 0 radical (unpaired) electrons. The summed E-state index contributed by atoms with van der Waals surface area (Å²) in [4.78, 5) is 14.0. The predicted molar refractivity (Wildman–Crippen MR) is 76.0 cm³/mol. The van der Waals surface area contributed by atoms with Crippen molar-refractivity contribution in [3.05, 3.63) is 29.8 Å². The molecule has 0 aromatic heterocycles. The zero-order valence-corrected chi connectivity index (χ0v) is 12.6. The number of hydrogen-bond donors (Lipinski definition) is 0. The number of methoxy groups -OCH3 is 1. The van der Waals surface area contributed by atoms with Gasteiger partial charge in [0.2, 0.25) is 5.91 Å². The van der Waals surface area contributed by atoms with E-state index in [9.17, 15) is 10.1 Å². The second-order valence-corrected chi connectivity index (χ2v) is 6.27. The summed E-state index contributed by atoms with van der Waals surface area (Å²) in [6, 6.07) is 9.62. The fraction of sp³-hybridized carbons (Fsp3) is 0.500. The smallest absolute Gasteiger partial charge is 0.246 e. The monoisotopic (exact) mass is 272 g/mol. The predicted octanol–water partition coefficient (Wildman–Crippen LogP) is 2.76. The minimum atomic E-state index is -1.02. The molecule has 1 amide bonds. The first kappa shape index (κ1) is 14.4. The summed E-state index contributed by atoms with van der Waals surface area (Å²) in [5, 5.41) is 9.69. The molecule has 1 saturated heterocycles. The van der Waals surface area contributed by atoms with Gasteiger partial charge in [0, 0.05) is 7.05 Å². The van der Waals surface area contributed by atoms with E-state index in [4.69, 9.17) is 4.74 Å². The molecule has 4 heteroatoms. The van der Waals surface area contributed by atoms with Gasteiger partial charge in [-0.05, 0) is 23.1 Å². The second-order valence-electron chi connectivity index (χ2n) is 6.27. The molecule has 4 nitrogen and oxygen atoms in total. The molecule has 1 aromatic rings. The Morgan fingerprint density at radius 1 is 1.40 bits per heavy atom. The van der Waals surface area contributed by atoms with Gasteiger partial charge in [-0.15, -0.1) is 0 Å². The van der Waals surface area contributed by atoms with E-state index in [1.807, 2.05) is 45.0 Å². The lowest BCUT2D eigenvalue weighted by atomic mass is 9.55. The van der Waals surface area contributed by atoms with Gasteiger partial charge in [0.1, 0.15) is 5.75 Å². The summed E-state index contributed by atoms with van der Waals surface area (Å²) >= 11 is 0. The first-order valence-corrected chi connectivity index (χ1v) is 6.62. The molecule has 2 rings (SSSR count). The van der Waals surface area contributed by atoms with Crippen LogP contribution in [0.2, 0.25) is 0 Å². The number of nitrogens with zero attached hydrogens (tertiary/aromatic N) is 2. The maximum absolute atomic E-state index is 12.4. The van der Waals surface area contributed by atoms with Crippen LogP contribution >= 0.6 is 0 Å². The standard InChI is InChI=1S/C16H20N2O2/c1-15(2,3)16(10-17)13(18(4)14(16)19)11-7-6-8-12(9-11)20-5/h6-9,13H,1-5H3/t13-,16-/m0/s1. The highest BCUT2D eigenvalue weighted by atomic mass is 16.5. The molecule has 106 valence electrons. The van der Waals surface area contributed by atoms with Crippen LogP contribution in [0.25, 0.3) is 0 Å². The largest absolute Gasteiger partial charge is 0.497 e. The van der Waals surface area contributed by atoms with Gasteiger partial charge >= 0.3 is 0 Å². The summed E-state index contributed by atoms with van der Waals surface area (Å²) in [6.07, 6.45) is 0. The van der Waals surface area contributed by atoms with Crippen molar-refractivity contribution in [3.8, 4) is 11.8 Å². The van der Waals surface area contributed by atoms with Crippen LogP contribution < -0.4 is 4.74 Å². The van der Waals surface area contributed by atoms with E-state index in [1.54, 1.807) is 19.1 Å². The number of benzene rings is 1. The van der Waals surface area contributed by atoms with Crippen LogP contribution in [0.3, 0.4) is 0 Å². The van der Waals surface area contributed by atoms with Crippen LogP contribution in [-0.4, -0.2) is 25.0 Å². The summed E-state index contributed by atoms with van der Waals surface area (Å²) in [6.45, 7) is 5.82. The number of rotatable bonds is 2. The van der Waals surface area contributed by atoms with Gasteiger partial charge in [0.25, 0.3) is 0 Å². The van der Waals surface area contributed by atoms with Gasteiger partial charge in [-0.3, -0.25) is 4.79 Å². The average molecular weight is 272 g/mol. The van der Waals surface area contributed by atoms with Gasteiger partial charge in [-0.1, -0.05) is 32.9 Å². The third kappa shape index (κ3) is 1.70. The molecular weight excluding hydrogens is 252 g/mol. The van der Waals surface area contributed by atoms with E-state index in [2.05, 4.69) is 6.07 Å². The van der Waals surface area contributed by atoms with Crippen molar-refractivity contribution in [2.45, 2.75) is 26.8 Å². The lowest BCUT2D eigenvalue weighted by Crippen LogP contribution is -2.66. The molecule has 0 saturated carbocycles. The minimum Gasteiger partial charge on any atom is -0.497 e. The Morgan fingerprint density at radius 3 is 2.55 bits per heavy atom. The average Bonchev–Trinajstić information content (AvgIpc) is 2.41. The molecule has 20 heavy (non-hydrogen) atoms. The fourth-order valence-electron chi connectivity index (χ4n) is 3.03. The van der Waals surface area contributed by atoms with Crippen LogP contribution in [0.4, 0.5) is 0 Å². The maximum Gasteiger partial charge on any atom is 0.246 e. The number of likely N-dealkylation sites (tertiary alicyclic amines) is 1. The number of amides is 1. The first-order chi connectivity index (χ1) is 9.29. The van der Waals surface area contributed by atoms with Crippen molar-refractivity contribution >= 4 is 5.91 Å². The molecule has 1 aromatic carbocycles. The highest BCUT2D eigenvalue weighted by Crippen LogP contribution is 2.58. The molecule has 0 bridgehead atoms. The van der Waals surface area contributed by atoms with Crippen molar-refractivity contribution in [2.24, 2.45) is 10.8 Å². The van der Waals surface area contributed by atoms with E-state index in [0.29, 0.717) is 0 Å². The minimum absolute atomic E-state index is 0.111. The Labute approximate surface area is 120 Å². The zero-order chi connectivity index (χ0) is 15.1. The Morgan fingerprint density at radius 2 is 2.05 bits per heavy atom. The van der Waals surface area contributed by atoms with Crippen LogP contribution in [-0.2, 0) is 4.79 Å². The third-order valence-electron chi connectivity index (χ3n) is 4.22. The quantitative estimate of drug-likeness (QED) is 0.778. The number of carbonyl (C=O) groups is 1. The van der Waals surface area contributed by atoms with Gasteiger partial charge in [-0.2, -0.15) is 5.26 Å². The Kier molecular flexibility index (Phi) is 3.25. The molecule has 1 fully saturated rings. The van der Waals surface area contributed by atoms with Gasteiger partial charge in [0.15, 0.2) is 5.41 Å². The highest BCUT2D eigenvalue weighted by Gasteiger charge is 2.66. The van der Waals surface area contributed by atoms with Crippen molar-refractivity contribution < 1.29 is 9.53 Å². The van der Waals surface area contributed by atoms with Crippen LogP contribution in [0.5, 0.6) is 5.75 Å². The topological polar surface area (TPSA) is 53.3 Å². The molecule has 0 spiro atoms. The number of hydrogen-bond acceptors (Lipinski definition) is 3. The fourth-order valence-corrected chi connectivity index (χ4v) is 3.03. The van der Waals surface area contributed by atoms with Crippen molar-refractivity contribution in [1.82, 2.24) is 4.90 Å². The molecule has 2 atom stereocenters. The molecule has 0 N–H and O–H groups in total. The SMILES string of the molecule is COc1cccc([C@@H]2N(C)C(=O)[C@@]2(C#N)C(C)(C)C)c1. The summed E-state index contributed by atoms with van der Waals surface area (Å²) < 4.78 is 5.24. The molecule has 0 aliphatic carbocycles. The summed E-state index contributed by atoms with van der Waals surface area (Å²) in [5.41, 5.74) is -0.518. The van der Waals surface area contributed by atoms with Gasteiger partial charge in [0.05, 0.1) is 19.2 Å². The van der Waals surface area contributed by atoms with Gasteiger partial charge < -0.3 is 9.64 Å². The van der Waals surface area contributed by atoms with Crippen molar-refractivity contribution in [3.63, 3.8) is 0 Å². The molecule has 1 aliphatic rings. The summed E-state index contributed by atoms with van der Waals surface area (Å²) in [5.74, 6) is 0.622. The lowest BCUT2D eigenvalue weighted by Gasteiger charge is -2.56. The Hall–Kier alpha value is -2.02. The van der Waals surface area contributed by atoms with Crippen LogP contribution in [0, 0.1) is 22.2 Å². The lowest BCUT2D eigenvalue weighted by molar-refractivity contribution is -0.174. The number of ether oxygens (including phenoxy) is 1. The first-order valence-electron chi connectivity index (χ1n) is 6.62. The molecular formula is C16H20N2O2. The van der Waals surface area contributed by atoms with Crippen molar-refractivity contribution in [1.29, 1.82) is 5.26 Å². The number of nitriles is 1. The molecule has 0 unspecified atom stereocenters. The number of carbonyl (C=O) groups excluding carboxylic acids is 1. The highest BCUT2D eigenvalue weighted by molar-refractivity contribution is 5.94. The van der Waals surface area contributed by atoms with Crippen LogP contribution in [0.15, 0.2) is 24.3 Å². The molecule has 1 heterocycles. The van der Waals surface area contributed by atoms with E-state index < -0.39 is 10.8 Å². The van der Waals surface area contributed by atoms with E-state index in [0.717, 1.165) is 11.3 Å². The molecule has 1 aliphatic heterocycles.